The van der Waals surface area contributed by atoms with Crippen molar-refractivity contribution < 1.29 is 29.0 Å². The molecule has 0 spiro atoms. The smallest absolute Gasteiger partial charge is 0.338 e. The number of rotatable bonds is 7. The van der Waals surface area contributed by atoms with Gasteiger partial charge in [0.25, 0.3) is 5.91 Å². The van der Waals surface area contributed by atoms with E-state index in [-0.39, 0.29) is 13.0 Å². The van der Waals surface area contributed by atoms with Gasteiger partial charge >= 0.3 is 11.9 Å². The summed E-state index contributed by atoms with van der Waals surface area (Å²) in [4.78, 5) is 34.6. The van der Waals surface area contributed by atoms with E-state index in [1.807, 2.05) is 6.07 Å². The zero-order valence-corrected chi connectivity index (χ0v) is 12.0. The van der Waals surface area contributed by atoms with Crippen molar-refractivity contribution in [2.24, 2.45) is 0 Å². The fourth-order valence-electron chi connectivity index (χ4n) is 2.02. The number of hydrogen-bond donors (Lipinski definition) is 2. The Morgan fingerprint density at radius 2 is 1.95 bits per heavy atom. The van der Waals surface area contributed by atoms with Crippen molar-refractivity contribution >= 4 is 17.8 Å². The summed E-state index contributed by atoms with van der Waals surface area (Å²) in [6.45, 7) is 1.84. The summed E-state index contributed by atoms with van der Waals surface area (Å²) in [5, 5.41) is 11.6. The molecule has 0 aromatic heterocycles. The number of carboxylic acids is 1. The van der Waals surface area contributed by atoms with Gasteiger partial charge in [0.15, 0.2) is 12.2 Å². The van der Waals surface area contributed by atoms with E-state index < -0.39 is 36.1 Å². The number of esters is 1. The highest BCUT2D eigenvalue weighted by Crippen LogP contribution is 2.23. The molecule has 1 aliphatic heterocycles. The highest BCUT2D eigenvalue weighted by Gasteiger charge is 2.52. The maximum atomic E-state index is 11.9. The first-order valence-corrected chi connectivity index (χ1v) is 6.92. The molecule has 7 heteroatoms. The Kier molecular flexibility index (Phi) is 5.11. The molecule has 118 valence electrons. The molecule has 0 radical (unpaired) electrons. The van der Waals surface area contributed by atoms with Gasteiger partial charge in [-0.3, -0.25) is 4.79 Å². The predicted molar refractivity (Wildman–Crippen MR) is 75.0 cm³/mol. The second kappa shape index (κ2) is 7.04. The molecule has 0 unspecified atom stereocenters. The average Bonchev–Trinajstić information content (AvgIpc) is 3.28. The molecule has 1 aliphatic rings. The molecule has 1 saturated heterocycles. The molecule has 2 N–H and O–H groups in total. The minimum atomic E-state index is -1.15. The number of carbonyl (C=O) groups is 3. The third-order valence-electron chi connectivity index (χ3n) is 3.17. The number of epoxide rings is 1. The lowest BCUT2D eigenvalue weighted by atomic mass is 10.1. The van der Waals surface area contributed by atoms with Crippen molar-refractivity contribution in [3.8, 4) is 0 Å². The Hall–Kier alpha value is -2.41. The van der Waals surface area contributed by atoms with E-state index in [4.69, 9.17) is 9.47 Å². The van der Waals surface area contributed by atoms with Crippen molar-refractivity contribution in [3.05, 3.63) is 35.9 Å². The highest BCUT2D eigenvalue weighted by molar-refractivity contribution is 5.94. The number of carbonyl (C=O) groups excluding carboxylic acids is 2. The van der Waals surface area contributed by atoms with Crippen LogP contribution in [-0.2, 0) is 30.3 Å². The van der Waals surface area contributed by atoms with Crippen molar-refractivity contribution in [2.45, 2.75) is 31.6 Å². The Labute approximate surface area is 127 Å². The summed E-state index contributed by atoms with van der Waals surface area (Å²) in [6.07, 6.45) is -1.76. The van der Waals surface area contributed by atoms with Gasteiger partial charge in [-0.05, 0) is 12.5 Å². The molecule has 1 aromatic rings. The third kappa shape index (κ3) is 4.05. The summed E-state index contributed by atoms with van der Waals surface area (Å²) in [7, 11) is 0. The summed E-state index contributed by atoms with van der Waals surface area (Å²) >= 11 is 0. The van der Waals surface area contributed by atoms with Gasteiger partial charge in [-0.2, -0.15) is 0 Å². The number of aliphatic carboxylic acids is 1. The second-order valence-electron chi connectivity index (χ2n) is 4.82. The van der Waals surface area contributed by atoms with Gasteiger partial charge in [0.1, 0.15) is 6.04 Å². The fraction of sp³-hybridized carbons (Fsp3) is 0.400. The van der Waals surface area contributed by atoms with E-state index in [0.29, 0.717) is 0 Å². The van der Waals surface area contributed by atoms with E-state index in [9.17, 15) is 19.5 Å². The van der Waals surface area contributed by atoms with Gasteiger partial charge in [0.2, 0.25) is 0 Å². The van der Waals surface area contributed by atoms with Crippen LogP contribution >= 0.6 is 0 Å². The van der Waals surface area contributed by atoms with Crippen LogP contribution in [0.15, 0.2) is 30.3 Å². The molecular formula is C15H17NO6. The second-order valence-corrected chi connectivity index (χ2v) is 4.82. The minimum Gasteiger partial charge on any atom is -0.480 e. The molecule has 2 rings (SSSR count). The lowest BCUT2D eigenvalue weighted by Crippen LogP contribution is -2.44. The van der Waals surface area contributed by atoms with Gasteiger partial charge in [0.05, 0.1) is 6.61 Å². The lowest BCUT2D eigenvalue weighted by Gasteiger charge is -2.13. The molecule has 3 atom stereocenters. The zero-order chi connectivity index (χ0) is 16.1. The van der Waals surface area contributed by atoms with Crippen LogP contribution in [0.25, 0.3) is 0 Å². The number of hydrogen-bond acceptors (Lipinski definition) is 5. The van der Waals surface area contributed by atoms with Crippen LogP contribution in [0.3, 0.4) is 0 Å². The van der Waals surface area contributed by atoms with Gasteiger partial charge in [-0.15, -0.1) is 0 Å². The van der Waals surface area contributed by atoms with Crippen LogP contribution in [0, 0.1) is 0 Å². The Bertz CT molecular complexity index is 558. The topological polar surface area (TPSA) is 105 Å². The lowest BCUT2D eigenvalue weighted by molar-refractivity contribution is -0.144. The van der Waals surface area contributed by atoms with Gasteiger partial charge in [-0.1, -0.05) is 30.3 Å². The van der Waals surface area contributed by atoms with Crippen LogP contribution in [-0.4, -0.2) is 47.8 Å². The van der Waals surface area contributed by atoms with Crippen LogP contribution in [0.2, 0.25) is 0 Å². The third-order valence-corrected chi connectivity index (χ3v) is 3.17. The van der Waals surface area contributed by atoms with Gasteiger partial charge in [0, 0.05) is 6.42 Å². The normalized spacial score (nSPS) is 20.8. The van der Waals surface area contributed by atoms with Crippen LogP contribution in [0.5, 0.6) is 0 Å². The quantitative estimate of drug-likeness (QED) is 0.548. The van der Waals surface area contributed by atoms with Crippen LogP contribution < -0.4 is 5.32 Å². The van der Waals surface area contributed by atoms with E-state index >= 15 is 0 Å². The SMILES string of the molecule is CCOC(=O)[C@H]1O[C@@H]1C(=O)N[C@@H](Cc1ccccc1)C(=O)O. The maximum Gasteiger partial charge on any atom is 0.338 e. The highest BCUT2D eigenvalue weighted by atomic mass is 16.6. The monoisotopic (exact) mass is 307 g/mol. The Morgan fingerprint density at radius 3 is 2.55 bits per heavy atom. The largest absolute Gasteiger partial charge is 0.480 e. The number of ether oxygens (including phenoxy) is 2. The van der Waals surface area contributed by atoms with E-state index in [1.54, 1.807) is 31.2 Å². The number of amides is 1. The average molecular weight is 307 g/mol. The van der Waals surface area contributed by atoms with Crippen molar-refractivity contribution in [1.29, 1.82) is 0 Å². The van der Waals surface area contributed by atoms with Crippen LogP contribution in [0.1, 0.15) is 12.5 Å². The van der Waals surface area contributed by atoms with Gasteiger partial charge < -0.3 is 19.9 Å². The molecule has 1 heterocycles. The van der Waals surface area contributed by atoms with Crippen molar-refractivity contribution in [1.82, 2.24) is 5.32 Å². The summed E-state index contributed by atoms with van der Waals surface area (Å²) in [6, 6.07) is 7.86. The number of carboxylic acid groups (broad SMARTS) is 1. The Balaban J connectivity index is 1.91. The van der Waals surface area contributed by atoms with Crippen molar-refractivity contribution in [2.75, 3.05) is 6.61 Å². The molecule has 1 fully saturated rings. The molecule has 0 bridgehead atoms. The van der Waals surface area contributed by atoms with Crippen molar-refractivity contribution in [3.63, 3.8) is 0 Å². The molecule has 1 amide bonds. The standard InChI is InChI=1S/C15H17NO6/c1-2-21-15(20)12-11(22-12)13(17)16-10(14(18)19)8-9-6-4-3-5-7-9/h3-7,10-12H,2,8H2,1H3,(H,16,17)(H,18,19)/t10-,11-,12-/m0/s1. The summed E-state index contributed by atoms with van der Waals surface area (Å²) in [5.41, 5.74) is 0.786. The first-order chi connectivity index (χ1) is 10.5. The molecular weight excluding hydrogens is 290 g/mol. The summed E-state index contributed by atoms with van der Waals surface area (Å²) in [5.74, 6) is -2.38. The Morgan fingerprint density at radius 1 is 1.27 bits per heavy atom. The maximum absolute atomic E-state index is 11.9. The zero-order valence-electron chi connectivity index (χ0n) is 12.0. The van der Waals surface area contributed by atoms with E-state index in [0.717, 1.165) is 5.56 Å². The molecule has 22 heavy (non-hydrogen) atoms. The summed E-state index contributed by atoms with van der Waals surface area (Å²) < 4.78 is 9.68. The first kappa shape index (κ1) is 16.0. The first-order valence-electron chi connectivity index (χ1n) is 6.92. The van der Waals surface area contributed by atoms with E-state index in [2.05, 4.69) is 5.32 Å². The molecule has 0 aliphatic carbocycles. The predicted octanol–water partition coefficient (Wildman–Crippen LogP) is 0.129. The molecule has 0 saturated carbocycles. The number of nitrogens with one attached hydrogen (secondary N) is 1. The van der Waals surface area contributed by atoms with Crippen LogP contribution in [0.4, 0.5) is 0 Å². The van der Waals surface area contributed by atoms with E-state index in [1.165, 1.54) is 0 Å². The molecule has 7 nitrogen and oxygen atoms in total. The fourth-order valence-corrected chi connectivity index (χ4v) is 2.02. The minimum absolute atomic E-state index is 0.151. The molecule has 1 aromatic carbocycles. The number of benzene rings is 1. The van der Waals surface area contributed by atoms with Gasteiger partial charge in [-0.25, -0.2) is 9.59 Å².